The molecule has 0 bridgehead atoms. The van der Waals surface area contributed by atoms with E-state index in [0.717, 1.165) is 10.9 Å². The molecule has 0 radical (unpaired) electrons. The van der Waals surface area contributed by atoms with Gasteiger partial charge in [-0.3, -0.25) is 4.79 Å². The molecule has 2 rings (SSSR count). The predicted molar refractivity (Wildman–Crippen MR) is 77.9 cm³/mol. The van der Waals surface area contributed by atoms with Crippen molar-refractivity contribution in [1.82, 2.24) is 0 Å². The van der Waals surface area contributed by atoms with Crippen molar-refractivity contribution in [2.24, 2.45) is 0 Å². The predicted octanol–water partition coefficient (Wildman–Crippen LogP) is 5.30. The number of thiophene rings is 1. The maximum atomic E-state index is 13.0. The maximum absolute atomic E-state index is 13.0. The van der Waals surface area contributed by atoms with Crippen molar-refractivity contribution in [3.05, 3.63) is 57.3 Å². The lowest BCUT2D eigenvalue weighted by atomic mass is 9.95. The Balaban J connectivity index is 2.44. The van der Waals surface area contributed by atoms with Gasteiger partial charge in [-0.25, -0.2) is 0 Å². The maximum Gasteiger partial charge on any atom is 0.417 e. The standard InChI is InChI=1S/C16H15F3OS/c1-15(2,3)13-9-8-12(21-13)14(20)10-6-4-5-7-11(10)16(17,18)19/h4-9H,1-3H3. The van der Waals surface area contributed by atoms with Gasteiger partial charge in [-0.15, -0.1) is 11.3 Å². The first-order chi connectivity index (χ1) is 9.60. The molecule has 0 aliphatic heterocycles. The molecule has 0 spiro atoms. The van der Waals surface area contributed by atoms with Gasteiger partial charge in [0.2, 0.25) is 5.78 Å². The zero-order valence-electron chi connectivity index (χ0n) is 11.9. The van der Waals surface area contributed by atoms with Crippen LogP contribution in [0.4, 0.5) is 13.2 Å². The van der Waals surface area contributed by atoms with Gasteiger partial charge in [0.15, 0.2) is 0 Å². The number of hydrogen-bond donors (Lipinski definition) is 0. The molecule has 0 fully saturated rings. The Morgan fingerprint density at radius 1 is 1.00 bits per heavy atom. The topological polar surface area (TPSA) is 17.1 Å². The van der Waals surface area contributed by atoms with Crippen LogP contribution in [0.5, 0.6) is 0 Å². The van der Waals surface area contributed by atoms with E-state index in [4.69, 9.17) is 0 Å². The van der Waals surface area contributed by atoms with Crippen LogP contribution in [0.2, 0.25) is 0 Å². The van der Waals surface area contributed by atoms with E-state index in [2.05, 4.69) is 0 Å². The molecular formula is C16H15F3OS. The first-order valence-corrected chi connectivity index (χ1v) is 7.23. The molecule has 0 saturated carbocycles. The van der Waals surface area contributed by atoms with Crippen LogP contribution in [-0.4, -0.2) is 5.78 Å². The van der Waals surface area contributed by atoms with Gasteiger partial charge in [0, 0.05) is 10.4 Å². The Labute approximate surface area is 125 Å². The van der Waals surface area contributed by atoms with Crippen LogP contribution >= 0.6 is 11.3 Å². The average molecular weight is 312 g/mol. The van der Waals surface area contributed by atoms with Gasteiger partial charge < -0.3 is 0 Å². The van der Waals surface area contributed by atoms with Crippen LogP contribution in [-0.2, 0) is 11.6 Å². The Hall–Kier alpha value is -1.62. The molecule has 0 aliphatic carbocycles. The smallest absolute Gasteiger partial charge is 0.288 e. The molecular weight excluding hydrogens is 297 g/mol. The largest absolute Gasteiger partial charge is 0.417 e. The fourth-order valence-corrected chi connectivity index (χ4v) is 2.94. The second kappa shape index (κ2) is 5.30. The van der Waals surface area contributed by atoms with Gasteiger partial charge in [-0.05, 0) is 23.6 Å². The van der Waals surface area contributed by atoms with E-state index in [1.165, 1.54) is 29.5 Å². The number of hydrogen-bond acceptors (Lipinski definition) is 2. The zero-order valence-corrected chi connectivity index (χ0v) is 12.7. The van der Waals surface area contributed by atoms with Gasteiger partial charge in [-0.2, -0.15) is 13.2 Å². The van der Waals surface area contributed by atoms with Gasteiger partial charge in [0.25, 0.3) is 0 Å². The Morgan fingerprint density at radius 3 is 2.14 bits per heavy atom. The summed E-state index contributed by atoms with van der Waals surface area (Å²) in [6, 6.07) is 8.29. The summed E-state index contributed by atoms with van der Waals surface area (Å²) in [4.78, 5) is 13.7. The summed E-state index contributed by atoms with van der Waals surface area (Å²) in [6.45, 7) is 5.99. The number of ketones is 1. The Bertz CT molecular complexity index is 663. The van der Waals surface area contributed by atoms with Crippen LogP contribution in [0.15, 0.2) is 36.4 Å². The van der Waals surface area contributed by atoms with Gasteiger partial charge in [-0.1, -0.05) is 39.0 Å². The van der Waals surface area contributed by atoms with Crippen molar-refractivity contribution in [2.75, 3.05) is 0 Å². The quantitative estimate of drug-likeness (QED) is 0.688. The SMILES string of the molecule is CC(C)(C)c1ccc(C(=O)c2ccccc2C(F)(F)F)s1. The highest BCUT2D eigenvalue weighted by Crippen LogP contribution is 2.35. The highest BCUT2D eigenvalue weighted by molar-refractivity contribution is 7.14. The van der Waals surface area contributed by atoms with Crippen molar-refractivity contribution >= 4 is 17.1 Å². The molecule has 0 saturated heterocycles. The molecule has 0 amide bonds. The van der Waals surface area contributed by atoms with Crippen LogP contribution in [0.3, 0.4) is 0 Å². The summed E-state index contributed by atoms with van der Waals surface area (Å²) in [7, 11) is 0. The van der Waals surface area contributed by atoms with Crippen LogP contribution in [0.1, 0.15) is 46.4 Å². The van der Waals surface area contributed by atoms with E-state index >= 15 is 0 Å². The summed E-state index contributed by atoms with van der Waals surface area (Å²) in [6.07, 6.45) is -4.53. The average Bonchev–Trinajstić information content (AvgIpc) is 2.86. The lowest BCUT2D eigenvalue weighted by molar-refractivity contribution is -0.137. The third-order valence-corrected chi connectivity index (χ3v) is 4.56. The van der Waals surface area contributed by atoms with E-state index in [0.29, 0.717) is 4.88 Å². The lowest BCUT2D eigenvalue weighted by Crippen LogP contribution is -2.13. The van der Waals surface area contributed by atoms with Crippen molar-refractivity contribution in [3.8, 4) is 0 Å². The molecule has 1 nitrogen and oxygen atoms in total. The van der Waals surface area contributed by atoms with Crippen molar-refractivity contribution < 1.29 is 18.0 Å². The number of benzene rings is 1. The third kappa shape index (κ3) is 3.35. The third-order valence-electron chi connectivity index (χ3n) is 3.05. The fraction of sp³-hybridized carbons (Fsp3) is 0.312. The molecule has 1 aromatic heterocycles. The van der Waals surface area contributed by atoms with Gasteiger partial charge in [0.1, 0.15) is 0 Å². The highest BCUT2D eigenvalue weighted by Gasteiger charge is 2.35. The number of alkyl halides is 3. The van der Waals surface area contributed by atoms with Gasteiger partial charge >= 0.3 is 6.18 Å². The van der Waals surface area contributed by atoms with Crippen molar-refractivity contribution in [3.63, 3.8) is 0 Å². The monoisotopic (exact) mass is 312 g/mol. The molecule has 0 N–H and O–H groups in total. The number of carbonyl (C=O) groups excluding carboxylic acids is 1. The summed E-state index contributed by atoms with van der Waals surface area (Å²) in [5.41, 5.74) is -1.32. The van der Waals surface area contributed by atoms with E-state index in [1.54, 1.807) is 12.1 Å². The molecule has 0 atom stereocenters. The number of halogens is 3. The fourth-order valence-electron chi connectivity index (χ4n) is 1.92. The first kappa shape index (κ1) is 15.8. The molecule has 0 aliphatic rings. The molecule has 1 aromatic carbocycles. The molecule has 0 unspecified atom stereocenters. The first-order valence-electron chi connectivity index (χ1n) is 6.42. The van der Waals surface area contributed by atoms with E-state index in [-0.39, 0.29) is 11.0 Å². The molecule has 2 aromatic rings. The van der Waals surface area contributed by atoms with Gasteiger partial charge in [0.05, 0.1) is 10.4 Å². The molecule has 112 valence electrons. The highest BCUT2D eigenvalue weighted by atomic mass is 32.1. The second-order valence-electron chi connectivity index (χ2n) is 5.79. The summed E-state index contributed by atoms with van der Waals surface area (Å²) >= 11 is 1.25. The minimum Gasteiger partial charge on any atom is -0.288 e. The van der Waals surface area contributed by atoms with Crippen LogP contribution in [0.25, 0.3) is 0 Å². The molecule has 5 heteroatoms. The minimum atomic E-state index is -4.53. The van der Waals surface area contributed by atoms with Crippen LogP contribution in [0, 0.1) is 0 Å². The summed E-state index contributed by atoms with van der Waals surface area (Å²) in [5, 5.41) is 0. The summed E-state index contributed by atoms with van der Waals surface area (Å²) < 4.78 is 38.9. The minimum absolute atomic E-state index is 0.132. The van der Waals surface area contributed by atoms with Crippen molar-refractivity contribution in [2.45, 2.75) is 32.4 Å². The molecule has 21 heavy (non-hydrogen) atoms. The van der Waals surface area contributed by atoms with Crippen molar-refractivity contribution in [1.29, 1.82) is 0 Å². The van der Waals surface area contributed by atoms with E-state index in [9.17, 15) is 18.0 Å². The van der Waals surface area contributed by atoms with E-state index < -0.39 is 17.5 Å². The lowest BCUT2D eigenvalue weighted by Gasteiger charge is -2.15. The second-order valence-corrected chi connectivity index (χ2v) is 6.87. The number of carbonyl (C=O) groups is 1. The zero-order chi connectivity index (χ0) is 15.8. The normalized spacial score (nSPS) is 12.5. The summed E-state index contributed by atoms with van der Waals surface area (Å²) in [5.74, 6) is -0.580. The van der Waals surface area contributed by atoms with Crippen LogP contribution < -0.4 is 0 Å². The molecule has 1 heterocycles. The number of rotatable bonds is 2. The Kier molecular flexibility index (Phi) is 3.97. The Morgan fingerprint density at radius 2 is 1.62 bits per heavy atom. The van der Waals surface area contributed by atoms with E-state index in [1.807, 2.05) is 20.8 Å².